The standard InChI is InChI=1S/C27H31NO3/c1-18(2)15-22-16-21(26(27(29)30)20-8-3-4-9-20)12-14-25(22)31-17-23-13-11-19-7-5-6-10-24(19)28-23/h5-7,10-14,16,18,20,26H,3-4,8-9,15,17H2,1-2H3,(H,29,30). The number of carboxylic acid groups (broad SMARTS) is 1. The van der Waals surface area contributed by atoms with E-state index in [1.165, 1.54) is 0 Å². The van der Waals surface area contributed by atoms with Crippen molar-refractivity contribution < 1.29 is 14.6 Å². The summed E-state index contributed by atoms with van der Waals surface area (Å²) in [5, 5.41) is 11.0. The Kier molecular flexibility index (Phi) is 6.55. The molecule has 2 aromatic carbocycles. The molecule has 1 aromatic heterocycles. The van der Waals surface area contributed by atoms with Crippen LogP contribution in [0, 0.1) is 11.8 Å². The Labute approximate surface area is 184 Å². The summed E-state index contributed by atoms with van der Waals surface area (Å²) < 4.78 is 6.18. The van der Waals surface area contributed by atoms with Crippen LogP contribution < -0.4 is 4.74 Å². The summed E-state index contributed by atoms with van der Waals surface area (Å²) in [5.74, 6) is 0.369. The van der Waals surface area contributed by atoms with Crippen molar-refractivity contribution >= 4 is 16.9 Å². The van der Waals surface area contributed by atoms with Crippen molar-refractivity contribution in [2.75, 3.05) is 0 Å². The number of nitrogens with zero attached hydrogens (tertiary/aromatic N) is 1. The molecule has 1 heterocycles. The number of aromatic nitrogens is 1. The number of hydrogen-bond acceptors (Lipinski definition) is 3. The smallest absolute Gasteiger partial charge is 0.311 e. The number of fused-ring (bicyclic) bond motifs is 1. The third kappa shape index (κ3) is 5.07. The molecular weight excluding hydrogens is 386 g/mol. The predicted octanol–water partition coefficient (Wildman–Crippen LogP) is 6.37. The molecule has 0 aliphatic heterocycles. The van der Waals surface area contributed by atoms with E-state index in [0.717, 1.165) is 65.6 Å². The molecule has 1 atom stereocenters. The van der Waals surface area contributed by atoms with E-state index in [-0.39, 0.29) is 5.92 Å². The van der Waals surface area contributed by atoms with E-state index in [4.69, 9.17) is 9.72 Å². The molecule has 4 nitrogen and oxygen atoms in total. The first-order chi connectivity index (χ1) is 15.0. The lowest BCUT2D eigenvalue weighted by Crippen LogP contribution is -2.20. The first-order valence-electron chi connectivity index (χ1n) is 11.3. The summed E-state index contributed by atoms with van der Waals surface area (Å²) in [5.41, 5.74) is 3.83. The highest BCUT2D eigenvalue weighted by atomic mass is 16.5. The minimum absolute atomic E-state index is 0.234. The van der Waals surface area contributed by atoms with Crippen LogP contribution in [0.1, 0.15) is 62.3 Å². The molecule has 4 rings (SSSR count). The Morgan fingerprint density at radius 1 is 1.10 bits per heavy atom. The highest BCUT2D eigenvalue weighted by Crippen LogP contribution is 2.39. The van der Waals surface area contributed by atoms with Gasteiger partial charge >= 0.3 is 5.97 Å². The Morgan fingerprint density at radius 3 is 2.61 bits per heavy atom. The second-order valence-electron chi connectivity index (χ2n) is 9.11. The van der Waals surface area contributed by atoms with Crippen LogP contribution in [0.25, 0.3) is 10.9 Å². The van der Waals surface area contributed by atoms with Crippen LogP contribution in [-0.2, 0) is 17.8 Å². The van der Waals surface area contributed by atoms with E-state index in [2.05, 4.69) is 32.0 Å². The Hall–Kier alpha value is -2.88. The van der Waals surface area contributed by atoms with Gasteiger partial charge in [-0.15, -0.1) is 0 Å². The molecule has 0 radical (unpaired) electrons. The maximum atomic E-state index is 12.1. The lowest BCUT2D eigenvalue weighted by Gasteiger charge is -2.22. The number of aliphatic carboxylic acids is 1. The number of carbonyl (C=O) groups is 1. The Balaban J connectivity index is 1.57. The number of benzene rings is 2. The van der Waals surface area contributed by atoms with Gasteiger partial charge < -0.3 is 9.84 Å². The highest BCUT2D eigenvalue weighted by Gasteiger charge is 2.32. The predicted molar refractivity (Wildman–Crippen MR) is 123 cm³/mol. The van der Waals surface area contributed by atoms with Crippen molar-refractivity contribution in [2.45, 2.75) is 58.5 Å². The van der Waals surface area contributed by atoms with Crippen LogP contribution in [-0.4, -0.2) is 16.1 Å². The van der Waals surface area contributed by atoms with Crippen LogP contribution >= 0.6 is 0 Å². The van der Waals surface area contributed by atoms with Gasteiger partial charge in [0.15, 0.2) is 0 Å². The highest BCUT2D eigenvalue weighted by molar-refractivity contribution is 5.78. The second-order valence-corrected chi connectivity index (χ2v) is 9.11. The van der Waals surface area contributed by atoms with Crippen molar-refractivity contribution in [3.05, 3.63) is 71.4 Å². The molecule has 0 bridgehead atoms. The monoisotopic (exact) mass is 417 g/mol. The van der Waals surface area contributed by atoms with Crippen LogP contribution in [0.5, 0.6) is 5.75 Å². The molecule has 162 valence electrons. The van der Waals surface area contributed by atoms with E-state index in [9.17, 15) is 9.90 Å². The summed E-state index contributed by atoms with van der Waals surface area (Å²) in [7, 11) is 0. The molecule has 31 heavy (non-hydrogen) atoms. The van der Waals surface area contributed by atoms with Gasteiger partial charge in [0.05, 0.1) is 17.1 Å². The number of pyridine rings is 1. The molecule has 0 spiro atoms. The second kappa shape index (κ2) is 9.51. The van der Waals surface area contributed by atoms with Crippen LogP contribution in [0.15, 0.2) is 54.6 Å². The number of para-hydroxylation sites is 1. The fourth-order valence-electron chi connectivity index (χ4n) is 4.78. The third-order valence-corrected chi connectivity index (χ3v) is 6.24. The lowest BCUT2D eigenvalue weighted by molar-refractivity contribution is -0.140. The summed E-state index contributed by atoms with van der Waals surface area (Å²) in [6, 6.07) is 18.1. The summed E-state index contributed by atoms with van der Waals surface area (Å²) in [6.07, 6.45) is 5.12. The SMILES string of the molecule is CC(C)Cc1cc(C(C(=O)O)C2CCCC2)ccc1OCc1ccc2ccccc2n1. The first-order valence-corrected chi connectivity index (χ1v) is 11.3. The molecule has 1 fully saturated rings. The van der Waals surface area contributed by atoms with Gasteiger partial charge in [-0.1, -0.05) is 63.1 Å². The zero-order valence-electron chi connectivity index (χ0n) is 18.4. The maximum absolute atomic E-state index is 12.1. The van der Waals surface area contributed by atoms with Crippen LogP contribution in [0.3, 0.4) is 0 Å². The van der Waals surface area contributed by atoms with Crippen molar-refractivity contribution in [2.24, 2.45) is 11.8 Å². The lowest BCUT2D eigenvalue weighted by atomic mass is 9.83. The molecule has 3 aromatic rings. The fourth-order valence-corrected chi connectivity index (χ4v) is 4.78. The largest absolute Gasteiger partial charge is 0.487 e. The molecule has 1 N–H and O–H groups in total. The summed E-state index contributed by atoms with van der Waals surface area (Å²) in [4.78, 5) is 16.8. The van der Waals surface area contributed by atoms with Crippen LogP contribution in [0.4, 0.5) is 0 Å². The van der Waals surface area contributed by atoms with Crippen molar-refractivity contribution in [3.63, 3.8) is 0 Å². The quantitative estimate of drug-likeness (QED) is 0.462. The molecule has 1 unspecified atom stereocenters. The molecular formula is C27H31NO3. The number of rotatable bonds is 8. The van der Waals surface area contributed by atoms with E-state index < -0.39 is 11.9 Å². The molecule has 0 amide bonds. The first kappa shape index (κ1) is 21.4. The van der Waals surface area contributed by atoms with Crippen molar-refractivity contribution in [1.29, 1.82) is 0 Å². The van der Waals surface area contributed by atoms with Gasteiger partial charge in [-0.3, -0.25) is 4.79 Å². The van der Waals surface area contributed by atoms with E-state index in [1.807, 2.05) is 36.4 Å². The molecule has 1 aliphatic carbocycles. The normalized spacial score (nSPS) is 15.5. The van der Waals surface area contributed by atoms with Gasteiger partial charge in [0.25, 0.3) is 0 Å². The molecule has 4 heteroatoms. The average Bonchev–Trinajstić information content (AvgIpc) is 3.26. The average molecular weight is 418 g/mol. The zero-order chi connectivity index (χ0) is 21.8. The van der Waals surface area contributed by atoms with Gasteiger partial charge in [0.2, 0.25) is 0 Å². The maximum Gasteiger partial charge on any atom is 0.311 e. The Morgan fingerprint density at radius 2 is 1.87 bits per heavy atom. The van der Waals surface area contributed by atoms with Gasteiger partial charge in [-0.05, 0) is 60.4 Å². The zero-order valence-corrected chi connectivity index (χ0v) is 18.4. The van der Waals surface area contributed by atoms with Crippen molar-refractivity contribution in [3.8, 4) is 5.75 Å². The van der Waals surface area contributed by atoms with Gasteiger partial charge in [-0.2, -0.15) is 0 Å². The Bertz CT molecular complexity index is 1050. The molecule has 1 saturated carbocycles. The molecule has 0 saturated heterocycles. The van der Waals surface area contributed by atoms with Gasteiger partial charge in [-0.25, -0.2) is 4.98 Å². The third-order valence-electron chi connectivity index (χ3n) is 6.24. The van der Waals surface area contributed by atoms with E-state index >= 15 is 0 Å². The summed E-state index contributed by atoms with van der Waals surface area (Å²) in [6.45, 7) is 4.74. The van der Waals surface area contributed by atoms with Gasteiger partial charge in [0.1, 0.15) is 12.4 Å². The topological polar surface area (TPSA) is 59.4 Å². The van der Waals surface area contributed by atoms with E-state index in [1.54, 1.807) is 0 Å². The minimum Gasteiger partial charge on any atom is -0.487 e. The number of hydrogen-bond donors (Lipinski definition) is 1. The minimum atomic E-state index is -0.712. The summed E-state index contributed by atoms with van der Waals surface area (Å²) >= 11 is 0. The van der Waals surface area contributed by atoms with E-state index in [0.29, 0.717) is 12.5 Å². The number of ether oxygens (including phenoxy) is 1. The van der Waals surface area contributed by atoms with Gasteiger partial charge in [0, 0.05) is 5.39 Å². The van der Waals surface area contributed by atoms with Crippen molar-refractivity contribution in [1.82, 2.24) is 4.98 Å². The number of carboxylic acids is 1. The van der Waals surface area contributed by atoms with Crippen LogP contribution in [0.2, 0.25) is 0 Å². The fraction of sp³-hybridized carbons (Fsp3) is 0.407. The molecule has 1 aliphatic rings.